The van der Waals surface area contributed by atoms with Gasteiger partial charge in [-0.1, -0.05) is 23.7 Å². The van der Waals surface area contributed by atoms with Crippen molar-refractivity contribution in [2.24, 2.45) is 0 Å². The zero-order chi connectivity index (χ0) is 19.1. The first-order valence-electron chi connectivity index (χ1n) is 7.50. The lowest BCUT2D eigenvalue weighted by Crippen LogP contribution is -2.65. The Morgan fingerprint density at radius 3 is 2.46 bits per heavy atom. The number of fused-ring (bicyclic) bond motifs is 1. The van der Waals surface area contributed by atoms with E-state index in [2.05, 4.69) is 5.32 Å². The van der Waals surface area contributed by atoms with Crippen LogP contribution in [-0.4, -0.2) is 18.1 Å². The van der Waals surface area contributed by atoms with Gasteiger partial charge in [0.05, 0.1) is 0 Å². The Hall–Kier alpha value is -2.61. The fraction of sp³-hybridized carbons (Fsp3) is 0.235. The van der Waals surface area contributed by atoms with Gasteiger partial charge in [0.15, 0.2) is 11.5 Å². The van der Waals surface area contributed by atoms with Crippen molar-refractivity contribution < 1.29 is 27.4 Å². The van der Waals surface area contributed by atoms with Crippen molar-refractivity contribution in [1.82, 2.24) is 5.32 Å². The number of urea groups is 1. The van der Waals surface area contributed by atoms with Gasteiger partial charge in [0, 0.05) is 16.8 Å². The predicted octanol–water partition coefficient (Wildman–Crippen LogP) is 4.77. The highest BCUT2D eigenvalue weighted by Crippen LogP contribution is 2.46. The van der Waals surface area contributed by atoms with Crippen molar-refractivity contribution in [3.05, 3.63) is 52.5 Å². The number of ether oxygens (including phenoxy) is 2. The number of hydrogen-bond donors (Lipinski definition) is 2. The normalized spacial score (nSPS) is 18.5. The quantitative estimate of drug-likeness (QED) is 0.782. The van der Waals surface area contributed by atoms with E-state index < -0.39 is 18.1 Å². The van der Waals surface area contributed by atoms with Crippen LogP contribution in [0.15, 0.2) is 36.4 Å². The van der Waals surface area contributed by atoms with Gasteiger partial charge >= 0.3 is 18.1 Å². The molecular weight excluding hydrogens is 373 g/mol. The molecule has 138 valence electrons. The average Bonchev–Trinajstić information content (AvgIpc) is 2.89. The largest absolute Gasteiger partial charge is 0.492 e. The maximum Gasteiger partial charge on any atom is 0.492 e. The van der Waals surface area contributed by atoms with Crippen molar-refractivity contribution in [3.63, 3.8) is 0 Å². The Morgan fingerprint density at radius 2 is 1.77 bits per heavy atom. The van der Waals surface area contributed by atoms with Gasteiger partial charge < -0.3 is 14.8 Å². The molecule has 26 heavy (non-hydrogen) atoms. The smallest absolute Gasteiger partial charge is 0.424 e. The number of hydrogen-bond acceptors (Lipinski definition) is 3. The number of halogens is 4. The van der Waals surface area contributed by atoms with E-state index in [9.17, 15) is 18.0 Å². The van der Waals surface area contributed by atoms with Gasteiger partial charge in [0.2, 0.25) is 0 Å². The SMILES string of the molecule is Cc1ccc(C)c(NC(=O)NC2(C(F)(F)F)Oc3ccc(Cl)cc3O2)c1. The average molecular weight is 387 g/mol. The summed E-state index contributed by atoms with van der Waals surface area (Å²) in [5, 5.41) is 4.28. The van der Waals surface area contributed by atoms with E-state index in [1.807, 2.05) is 6.07 Å². The van der Waals surface area contributed by atoms with Gasteiger partial charge in [-0.05, 0) is 43.2 Å². The molecule has 0 aliphatic carbocycles. The van der Waals surface area contributed by atoms with Crippen molar-refractivity contribution >= 4 is 23.3 Å². The van der Waals surface area contributed by atoms with Crippen LogP contribution in [0.3, 0.4) is 0 Å². The number of benzene rings is 2. The summed E-state index contributed by atoms with van der Waals surface area (Å²) in [5.74, 6) is -3.75. The molecule has 1 unspecified atom stereocenters. The molecule has 9 heteroatoms. The number of amides is 2. The molecule has 2 aromatic rings. The van der Waals surface area contributed by atoms with Gasteiger partial charge in [-0.3, -0.25) is 5.32 Å². The van der Waals surface area contributed by atoms with Crippen LogP contribution < -0.4 is 20.1 Å². The first kappa shape index (κ1) is 18.2. The van der Waals surface area contributed by atoms with Gasteiger partial charge in [-0.15, -0.1) is 0 Å². The highest BCUT2D eigenvalue weighted by molar-refractivity contribution is 6.30. The topological polar surface area (TPSA) is 59.6 Å². The number of alkyl halides is 3. The molecule has 1 heterocycles. The van der Waals surface area contributed by atoms with Crippen molar-refractivity contribution in [2.45, 2.75) is 25.9 Å². The Labute approximate surface area is 152 Å². The summed E-state index contributed by atoms with van der Waals surface area (Å²) in [6.45, 7) is 3.51. The molecule has 2 aromatic carbocycles. The minimum Gasteiger partial charge on any atom is -0.424 e. The second-order valence-corrected chi connectivity index (χ2v) is 6.24. The molecule has 0 radical (unpaired) electrons. The third kappa shape index (κ3) is 3.37. The third-order valence-electron chi connectivity index (χ3n) is 3.71. The summed E-state index contributed by atoms with van der Waals surface area (Å²) < 4.78 is 50.6. The predicted molar refractivity (Wildman–Crippen MR) is 89.6 cm³/mol. The molecule has 0 fully saturated rings. The Balaban J connectivity index is 1.85. The van der Waals surface area contributed by atoms with E-state index in [4.69, 9.17) is 21.1 Å². The number of rotatable bonds is 2. The minimum absolute atomic E-state index is 0.171. The van der Waals surface area contributed by atoms with Crippen LogP contribution in [0.25, 0.3) is 0 Å². The highest BCUT2D eigenvalue weighted by Gasteiger charge is 2.65. The summed E-state index contributed by atoms with van der Waals surface area (Å²) in [6, 6.07) is 7.83. The highest BCUT2D eigenvalue weighted by atomic mass is 35.5. The third-order valence-corrected chi connectivity index (χ3v) is 3.94. The zero-order valence-corrected chi connectivity index (χ0v) is 14.5. The van der Waals surface area contributed by atoms with Gasteiger partial charge in [-0.25, -0.2) is 4.79 Å². The second-order valence-electron chi connectivity index (χ2n) is 5.81. The number of nitrogens with one attached hydrogen (secondary N) is 2. The van der Waals surface area contributed by atoms with E-state index in [-0.39, 0.29) is 16.5 Å². The van der Waals surface area contributed by atoms with Crippen LogP contribution in [0.2, 0.25) is 5.02 Å². The van der Waals surface area contributed by atoms with Gasteiger partial charge in [-0.2, -0.15) is 13.2 Å². The molecule has 2 amide bonds. The molecule has 1 aliphatic rings. The number of carbonyl (C=O) groups excluding carboxylic acids is 1. The number of carbonyl (C=O) groups is 1. The van der Waals surface area contributed by atoms with E-state index in [1.165, 1.54) is 18.2 Å². The Morgan fingerprint density at radius 1 is 1.08 bits per heavy atom. The van der Waals surface area contributed by atoms with Crippen LogP contribution >= 0.6 is 11.6 Å². The lowest BCUT2D eigenvalue weighted by atomic mass is 10.1. The molecule has 5 nitrogen and oxygen atoms in total. The van der Waals surface area contributed by atoms with E-state index in [0.717, 1.165) is 5.56 Å². The number of aryl methyl sites for hydroxylation is 2. The maximum atomic E-state index is 13.6. The Kier molecular flexibility index (Phi) is 4.39. The summed E-state index contributed by atoms with van der Waals surface area (Å²) in [6.07, 6.45) is -5.04. The number of anilines is 1. The first-order valence-corrected chi connectivity index (χ1v) is 7.88. The van der Waals surface area contributed by atoms with Gasteiger partial charge in [0.1, 0.15) is 0 Å². The van der Waals surface area contributed by atoms with Crippen molar-refractivity contribution in [1.29, 1.82) is 0 Å². The molecule has 0 saturated heterocycles. The standard InChI is InChI=1S/C17H14ClF3N2O3/c1-9-3-4-10(2)12(7-9)22-15(24)23-17(16(19,20)21)25-13-6-5-11(18)8-14(13)26-17/h3-8H,1-2H3,(H2,22,23,24). The fourth-order valence-corrected chi connectivity index (χ4v) is 2.55. The lowest BCUT2D eigenvalue weighted by molar-refractivity contribution is -0.317. The van der Waals surface area contributed by atoms with Crippen LogP contribution in [0.5, 0.6) is 11.5 Å². The van der Waals surface area contributed by atoms with Crippen LogP contribution in [0.4, 0.5) is 23.7 Å². The van der Waals surface area contributed by atoms with Gasteiger partial charge in [0.25, 0.3) is 0 Å². The van der Waals surface area contributed by atoms with Crippen LogP contribution in [0, 0.1) is 13.8 Å². The first-order chi connectivity index (χ1) is 12.1. The van der Waals surface area contributed by atoms with Crippen LogP contribution in [-0.2, 0) is 0 Å². The molecule has 0 saturated carbocycles. The van der Waals surface area contributed by atoms with E-state index in [1.54, 1.807) is 31.3 Å². The summed E-state index contributed by atoms with van der Waals surface area (Å²) in [4.78, 5) is 12.2. The maximum absolute atomic E-state index is 13.6. The molecule has 0 aromatic heterocycles. The zero-order valence-electron chi connectivity index (χ0n) is 13.7. The minimum atomic E-state index is -5.04. The van der Waals surface area contributed by atoms with Crippen LogP contribution in [0.1, 0.15) is 11.1 Å². The monoisotopic (exact) mass is 386 g/mol. The second kappa shape index (κ2) is 6.28. The molecule has 2 N–H and O–H groups in total. The summed E-state index contributed by atoms with van der Waals surface area (Å²) in [7, 11) is 0. The van der Waals surface area contributed by atoms with Crippen molar-refractivity contribution in [3.8, 4) is 11.5 Å². The molecule has 0 bridgehead atoms. The molecule has 1 atom stereocenters. The molecule has 0 spiro atoms. The lowest BCUT2D eigenvalue weighted by Gasteiger charge is -2.29. The Bertz CT molecular complexity index is 873. The molecular formula is C17H14ClF3N2O3. The van der Waals surface area contributed by atoms with E-state index in [0.29, 0.717) is 11.3 Å². The summed E-state index contributed by atoms with van der Waals surface area (Å²) >= 11 is 5.76. The fourth-order valence-electron chi connectivity index (χ4n) is 2.39. The molecule has 3 rings (SSSR count). The summed E-state index contributed by atoms with van der Waals surface area (Å²) in [5.41, 5.74) is 1.90. The van der Waals surface area contributed by atoms with Crippen molar-refractivity contribution in [2.75, 3.05) is 5.32 Å². The van der Waals surface area contributed by atoms with E-state index >= 15 is 0 Å². The molecule has 1 aliphatic heterocycles.